The van der Waals surface area contributed by atoms with Crippen molar-refractivity contribution < 1.29 is 0 Å². The fraction of sp³-hybridized carbons (Fsp3) is 0.294. The molecule has 21 heavy (non-hydrogen) atoms. The Kier molecular flexibility index (Phi) is 5.68. The Hall–Kier alpha value is -1.03. The van der Waals surface area contributed by atoms with E-state index in [9.17, 15) is 0 Å². The molecule has 0 amide bonds. The van der Waals surface area contributed by atoms with Gasteiger partial charge in [0.05, 0.1) is 0 Å². The van der Waals surface area contributed by atoms with Gasteiger partial charge in [0.2, 0.25) is 0 Å². The fourth-order valence-corrected chi connectivity index (χ4v) is 2.98. The quantitative estimate of drug-likeness (QED) is 0.798. The van der Waals surface area contributed by atoms with Crippen LogP contribution in [0.1, 0.15) is 24.1 Å². The lowest BCUT2D eigenvalue weighted by atomic mass is 10.1. The number of hydrogen-bond acceptors (Lipinski definition) is 2. The standard InChI is InChI=1S/C17H20BrClN2/c1-12(16-9-6-14(18)10-17(16)19)20-11-13-4-7-15(8-5-13)21(2)3/h4-10,12,20H,11H2,1-3H3. The van der Waals surface area contributed by atoms with Crippen molar-refractivity contribution in [1.29, 1.82) is 0 Å². The SMILES string of the molecule is CC(NCc1ccc(N(C)C)cc1)c1ccc(Br)cc1Cl. The number of anilines is 1. The summed E-state index contributed by atoms with van der Waals surface area (Å²) in [6.45, 7) is 2.95. The summed E-state index contributed by atoms with van der Waals surface area (Å²) in [5.41, 5.74) is 3.59. The van der Waals surface area contributed by atoms with Crippen LogP contribution in [0.3, 0.4) is 0 Å². The van der Waals surface area contributed by atoms with Crippen LogP contribution < -0.4 is 10.2 Å². The third-order valence-electron chi connectivity index (χ3n) is 3.49. The van der Waals surface area contributed by atoms with E-state index >= 15 is 0 Å². The highest BCUT2D eigenvalue weighted by Gasteiger charge is 2.09. The molecule has 2 nitrogen and oxygen atoms in total. The molecule has 2 aromatic rings. The Morgan fingerprint density at radius 3 is 2.38 bits per heavy atom. The molecule has 0 heterocycles. The average molecular weight is 368 g/mol. The van der Waals surface area contributed by atoms with E-state index in [-0.39, 0.29) is 6.04 Å². The van der Waals surface area contributed by atoms with Gasteiger partial charge >= 0.3 is 0 Å². The largest absolute Gasteiger partial charge is 0.378 e. The van der Waals surface area contributed by atoms with Crippen LogP contribution >= 0.6 is 27.5 Å². The van der Waals surface area contributed by atoms with E-state index in [4.69, 9.17) is 11.6 Å². The molecule has 0 radical (unpaired) electrons. The van der Waals surface area contributed by atoms with Gasteiger partial charge in [-0.15, -0.1) is 0 Å². The minimum absolute atomic E-state index is 0.208. The topological polar surface area (TPSA) is 15.3 Å². The lowest BCUT2D eigenvalue weighted by Crippen LogP contribution is -2.18. The first-order valence-electron chi connectivity index (χ1n) is 6.92. The van der Waals surface area contributed by atoms with Crippen LogP contribution in [-0.2, 0) is 6.54 Å². The summed E-state index contributed by atoms with van der Waals surface area (Å²) >= 11 is 9.72. The van der Waals surface area contributed by atoms with Crippen molar-refractivity contribution in [1.82, 2.24) is 5.32 Å². The van der Waals surface area contributed by atoms with Crippen molar-refractivity contribution in [2.75, 3.05) is 19.0 Å². The highest BCUT2D eigenvalue weighted by Crippen LogP contribution is 2.26. The summed E-state index contributed by atoms with van der Waals surface area (Å²) in [4.78, 5) is 2.10. The van der Waals surface area contributed by atoms with Crippen LogP contribution in [0.15, 0.2) is 46.9 Å². The zero-order valence-electron chi connectivity index (χ0n) is 12.5. The molecule has 0 aromatic heterocycles. The third-order valence-corrected chi connectivity index (χ3v) is 4.31. The minimum Gasteiger partial charge on any atom is -0.378 e. The van der Waals surface area contributed by atoms with Crippen LogP contribution in [0.5, 0.6) is 0 Å². The maximum absolute atomic E-state index is 6.29. The number of nitrogens with one attached hydrogen (secondary N) is 1. The number of hydrogen-bond donors (Lipinski definition) is 1. The summed E-state index contributed by atoms with van der Waals surface area (Å²) in [5.74, 6) is 0. The average Bonchev–Trinajstić information content (AvgIpc) is 2.45. The van der Waals surface area contributed by atoms with Gasteiger partial charge in [-0.2, -0.15) is 0 Å². The number of rotatable bonds is 5. The molecule has 2 aromatic carbocycles. The van der Waals surface area contributed by atoms with Crippen LogP contribution in [0.4, 0.5) is 5.69 Å². The van der Waals surface area contributed by atoms with E-state index in [1.807, 2.05) is 26.2 Å². The number of benzene rings is 2. The van der Waals surface area contributed by atoms with Crippen LogP contribution in [0.25, 0.3) is 0 Å². The van der Waals surface area contributed by atoms with Gasteiger partial charge in [-0.25, -0.2) is 0 Å². The van der Waals surface area contributed by atoms with Gasteiger partial charge < -0.3 is 10.2 Å². The fourth-order valence-electron chi connectivity index (χ4n) is 2.15. The molecule has 0 spiro atoms. The number of nitrogens with zero attached hydrogens (tertiary/aromatic N) is 1. The molecular formula is C17H20BrClN2. The van der Waals surface area contributed by atoms with Gasteiger partial charge in [-0.05, 0) is 42.3 Å². The first-order valence-corrected chi connectivity index (χ1v) is 8.09. The van der Waals surface area contributed by atoms with E-state index in [0.29, 0.717) is 0 Å². The van der Waals surface area contributed by atoms with E-state index in [0.717, 1.165) is 21.6 Å². The van der Waals surface area contributed by atoms with Gasteiger partial charge in [0.1, 0.15) is 0 Å². The molecule has 0 aliphatic heterocycles. The van der Waals surface area contributed by atoms with Gasteiger partial charge in [-0.3, -0.25) is 0 Å². The Morgan fingerprint density at radius 2 is 1.81 bits per heavy atom. The monoisotopic (exact) mass is 366 g/mol. The molecular weight excluding hydrogens is 348 g/mol. The molecule has 1 unspecified atom stereocenters. The van der Waals surface area contributed by atoms with Gasteiger partial charge in [0.25, 0.3) is 0 Å². The van der Waals surface area contributed by atoms with E-state index in [1.165, 1.54) is 11.3 Å². The maximum atomic E-state index is 6.29. The smallest absolute Gasteiger partial charge is 0.0464 e. The molecule has 0 saturated carbocycles. The lowest BCUT2D eigenvalue weighted by Gasteiger charge is -2.17. The highest BCUT2D eigenvalue weighted by molar-refractivity contribution is 9.10. The van der Waals surface area contributed by atoms with Crippen molar-refractivity contribution >= 4 is 33.2 Å². The zero-order chi connectivity index (χ0) is 15.4. The summed E-state index contributed by atoms with van der Waals surface area (Å²) in [6.07, 6.45) is 0. The second-order valence-corrected chi connectivity index (χ2v) is 6.65. The molecule has 0 aliphatic rings. The highest BCUT2D eigenvalue weighted by atomic mass is 79.9. The molecule has 112 valence electrons. The number of halogens is 2. The first-order chi connectivity index (χ1) is 9.97. The summed E-state index contributed by atoms with van der Waals surface area (Å²) in [6, 6.07) is 14.8. The summed E-state index contributed by atoms with van der Waals surface area (Å²) < 4.78 is 1.00. The van der Waals surface area contributed by atoms with Gasteiger partial charge in [0.15, 0.2) is 0 Å². The Bertz CT molecular complexity index is 596. The predicted molar refractivity (Wildman–Crippen MR) is 95.2 cm³/mol. The molecule has 1 atom stereocenters. The van der Waals surface area contributed by atoms with E-state index in [1.54, 1.807) is 0 Å². The summed E-state index contributed by atoms with van der Waals surface area (Å²) in [5, 5.41) is 4.30. The minimum atomic E-state index is 0.208. The van der Waals surface area contributed by atoms with Crippen molar-refractivity contribution in [3.05, 3.63) is 63.1 Å². The molecule has 4 heteroatoms. The Labute approximate surface area is 140 Å². The second-order valence-electron chi connectivity index (χ2n) is 5.33. The Balaban J connectivity index is 1.98. The van der Waals surface area contributed by atoms with Gasteiger partial charge in [-0.1, -0.05) is 45.7 Å². The second kappa shape index (κ2) is 7.30. The molecule has 0 bridgehead atoms. The predicted octanol–water partition coefficient (Wildman–Crippen LogP) is 5.02. The Morgan fingerprint density at radius 1 is 1.14 bits per heavy atom. The lowest BCUT2D eigenvalue weighted by molar-refractivity contribution is 0.575. The molecule has 1 N–H and O–H groups in total. The van der Waals surface area contributed by atoms with E-state index in [2.05, 4.69) is 63.4 Å². The van der Waals surface area contributed by atoms with Crippen molar-refractivity contribution in [2.24, 2.45) is 0 Å². The molecule has 0 saturated heterocycles. The third kappa shape index (κ3) is 4.47. The first kappa shape index (κ1) is 16.3. The van der Waals surface area contributed by atoms with E-state index < -0.39 is 0 Å². The van der Waals surface area contributed by atoms with Crippen LogP contribution in [0, 0.1) is 0 Å². The maximum Gasteiger partial charge on any atom is 0.0464 e. The van der Waals surface area contributed by atoms with Gasteiger partial charge in [0, 0.05) is 41.9 Å². The van der Waals surface area contributed by atoms with Crippen LogP contribution in [-0.4, -0.2) is 14.1 Å². The van der Waals surface area contributed by atoms with Crippen molar-refractivity contribution in [3.8, 4) is 0 Å². The molecule has 0 fully saturated rings. The molecule has 0 aliphatic carbocycles. The normalized spacial score (nSPS) is 12.2. The van der Waals surface area contributed by atoms with Crippen LogP contribution in [0.2, 0.25) is 5.02 Å². The zero-order valence-corrected chi connectivity index (χ0v) is 14.9. The summed E-state index contributed by atoms with van der Waals surface area (Å²) in [7, 11) is 4.09. The van der Waals surface area contributed by atoms with Crippen molar-refractivity contribution in [2.45, 2.75) is 19.5 Å². The van der Waals surface area contributed by atoms with Crippen molar-refractivity contribution in [3.63, 3.8) is 0 Å². The molecule has 2 rings (SSSR count).